The fourth-order valence-corrected chi connectivity index (χ4v) is 3.33. The zero-order valence-corrected chi connectivity index (χ0v) is 16.4. The minimum absolute atomic E-state index is 0.153. The Morgan fingerprint density at radius 1 is 1.21 bits per heavy atom. The van der Waals surface area contributed by atoms with E-state index in [1.165, 1.54) is 5.56 Å². The molecule has 150 valence electrons. The zero-order valence-electron chi connectivity index (χ0n) is 16.4. The molecule has 1 fully saturated rings. The molecule has 7 nitrogen and oxygen atoms in total. The molecule has 1 aliphatic heterocycles. The monoisotopic (exact) mass is 392 g/mol. The van der Waals surface area contributed by atoms with Crippen molar-refractivity contribution >= 4 is 5.91 Å². The van der Waals surface area contributed by atoms with Gasteiger partial charge in [-0.1, -0.05) is 35.0 Å². The highest BCUT2D eigenvalue weighted by Gasteiger charge is 2.22. The largest absolute Gasteiger partial charge is 0.379 e. The summed E-state index contributed by atoms with van der Waals surface area (Å²) in [7, 11) is 0. The Labute approximate surface area is 169 Å². The van der Waals surface area contributed by atoms with E-state index in [9.17, 15) is 4.79 Å². The van der Waals surface area contributed by atoms with Crippen molar-refractivity contribution < 1.29 is 14.1 Å². The number of hydrogen-bond acceptors (Lipinski definition) is 6. The second kappa shape index (κ2) is 8.98. The molecule has 1 amide bonds. The number of carbonyl (C=O) groups is 1. The number of carbonyl (C=O) groups excluding carboxylic acids is 1. The smallest absolute Gasteiger partial charge is 0.274 e. The van der Waals surface area contributed by atoms with E-state index in [1.807, 2.05) is 12.1 Å². The molecule has 1 aliphatic rings. The third kappa shape index (κ3) is 4.88. The van der Waals surface area contributed by atoms with Crippen LogP contribution in [0.2, 0.25) is 0 Å². The molecular weight excluding hydrogens is 368 g/mol. The molecule has 0 spiro atoms. The minimum Gasteiger partial charge on any atom is -0.379 e. The number of hydrogen-bond donors (Lipinski definition) is 1. The molecule has 29 heavy (non-hydrogen) atoms. The Bertz CT molecular complexity index is 934. The van der Waals surface area contributed by atoms with Crippen LogP contribution >= 0.6 is 0 Å². The number of aromatic nitrogens is 2. The van der Waals surface area contributed by atoms with E-state index < -0.39 is 0 Å². The average Bonchev–Trinajstić information content (AvgIpc) is 3.26. The molecule has 1 saturated heterocycles. The van der Waals surface area contributed by atoms with Crippen LogP contribution in [-0.2, 0) is 4.74 Å². The predicted octanol–water partition coefficient (Wildman–Crippen LogP) is 2.85. The Kier molecular flexibility index (Phi) is 5.97. The number of pyridine rings is 1. The van der Waals surface area contributed by atoms with Crippen LogP contribution in [0.15, 0.2) is 59.4 Å². The summed E-state index contributed by atoms with van der Waals surface area (Å²) in [4.78, 5) is 19.3. The minimum atomic E-state index is -0.261. The van der Waals surface area contributed by atoms with Gasteiger partial charge in [-0.05, 0) is 24.6 Å². The van der Waals surface area contributed by atoms with Crippen molar-refractivity contribution in [2.75, 3.05) is 32.8 Å². The molecule has 0 radical (unpaired) electrons. The fourth-order valence-electron chi connectivity index (χ4n) is 3.33. The number of ether oxygens (including phenoxy) is 1. The van der Waals surface area contributed by atoms with Crippen LogP contribution in [0.25, 0.3) is 11.3 Å². The normalized spacial score (nSPS) is 15.8. The van der Waals surface area contributed by atoms with Gasteiger partial charge < -0.3 is 14.6 Å². The van der Waals surface area contributed by atoms with Gasteiger partial charge in [-0.25, -0.2) is 0 Å². The molecule has 3 heterocycles. The van der Waals surface area contributed by atoms with E-state index >= 15 is 0 Å². The van der Waals surface area contributed by atoms with Gasteiger partial charge in [-0.3, -0.25) is 14.7 Å². The van der Waals surface area contributed by atoms with Gasteiger partial charge in [0.05, 0.1) is 19.3 Å². The second-order valence-corrected chi connectivity index (χ2v) is 7.17. The maximum absolute atomic E-state index is 12.9. The first-order valence-corrected chi connectivity index (χ1v) is 9.74. The van der Waals surface area contributed by atoms with Crippen molar-refractivity contribution in [2.45, 2.75) is 13.0 Å². The van der Waals surface area contributed by atoms with Crippen molar-refractivity contribution in [3.05, 3.63) is 71.7 Å². The summed E-state index contributed by atoms with van der Waals surface area (Å²) >= 11 is 0. The van der Waals surface area contributed by atoms with Gasteiger partial charge in [0, 0.05) is 43.7 Å². The second-order valence-electron chi connectivity index (χ2n) is 7.17. The topological polar surface area (TPSA) is 80.5 Å². The van der Waals surface area contributed by atoms with Crippen LogP contribution < -0.4 is 5.32 Å². The first-order valence-electron chi connectivity index (χ1n) is 9.74. The van der Waals surface area contributed by atoms with Gasteiger partial charge in [0.15, 0.2) is 11.5 Å². The number of amides is 1. The molecule has 0 aliphatic carbocycles. The highest BCUT2D eigenvalue weighted by atomic mass is 16.5. The van der Waals surface area contributed by atoms with Gasteiger partial charge in [-0.15, -0.1) is 0 Å². The zero-order chi connectivity index (χ0) is 20.1. The van der Waals surface area contributed by atoms with E-state index in [1.54, 1.807) is 18.5 Å². The van der Waals surface area contributed by atoms with Crippen molar-refractivity contribution in [1.29, 1.82) is 0 Å². The average molecular weight is 392 g/mol. The molecule has 0 bridgehead atoms. The van der Waals surface area contributed by atoms with Gasteiger partial charge in [0.2, 0.25) is 0 Å². The molecule has 7 heteroatoms. The first kappa shape index (κ1) is 19.3. The lowest BCUT2D eigenvalue weighted by Crippen LogP contribution is -2.43. The molecule has 4 rings (SSSR count). The summed E-state index contributed by atoms with van der Waals surface area (Å²) in [5.74, 6) is 0.256. The number of nitrogens with zero attached hydrogens (tertiary/aromatic N) is 3. The van der Waals surface area contributed by atoms with Crippen LogP contribution in [0.4, 0.5) is 0 Å². The maximum Gasteiger partial charge on any atom is 0.274 e. The Morgan fingerprint density at radius 3 is 2.72 bits per heavy atom. The summed E-state index contributed by atoms with van der Waals surface area (Å²) in [6.45, 7) is 5.90. The maximum atomic E-state index is 12.9. The lowest BCUT2D eigenvalue weighted by atomic mass is 10.0. The summed E-state index contributed by atoms with van der Waals surface area (Å²) in [5, 5.41) is 7.07. The third-order valence-corrected chi connectivity index (χ3v) is 5.02. The van der Waals surface area contributed by atoms with Gasteiger partial charge in [0.1, 0.15) is 0 Å². The Hall–Kier alpha value is -3.03. The Morgan fingerprint density at radius 2 is 2.00 bits per heavy atom. The van der Waals surface area contributed by atoms with E-state index in [4.69, 9.17) is 9.26 Å². The highest BCUT2D eigenvalue weighted by molar-refractivity contribution is 5.93. The lowest BCUT2D eigenvalue weighted by molar-refractivity contribution is 0.0332. The quantitative estimate of drug-likeness (QED) is 0.695. The van der Waals surface area contributed by atoms with E-state index in [2.05, 4.69) is 51.5 Å². The van der Waals surface area contributed by atoms with Crippen LogP contribution in [-0.4, -0.2) is 53.8 Å². The fraction of sp³-hybridized carbons (Fsp3) is 0.318. The summed E-state index contributed by atoms with van der Waals surface area (Å²) in [6.07, 6.45) is 3.36. The van der Waals surface area contributed by atoms with E-state index in [-0.39, 0.29) is 17.6 Å². The number of morpholine rings is 1. The molecule has 1 N–H and O–H groups in total. The molecule has 0 saturated carbocycles. The number of rotatable bonds is 6. The first-order chi connectivity index (χ1) is 14.2. The Balaban J connectivity index is 1.51. The molecule has 1 aromatic carbocycles. The van der Waals surface area contributed by atoms with Crippen LogP contribution in [0.5, 0.6) is 0 Å². The molecular formula is C22H24N4O3. The lowest BCUT2D eigenvalue weighted by Gasteiger charge is -2.31. The standard InChI is InChI=1S/C22H24N4O3/c1-16-4-6-17(7-5-16)20(15-26-9-11-28-12-10-26)24-22(27)19-13-21(29-25-19)18-3-2-8-23-14-18/h2-8,13-14,20H,9-12,15H2,1H3,(H,24,27). The van der Waals surface area contributed by atoms with Crippen LogP contribution in [0.3, 0.4) is 0 Å². The molecule has 1 atom stereocenters. The van der Waals surface area contributed by atoms with Crippen molar-refractivity contribution in [3.63, 3.8) is 0 Å². The predicted molar refractivity (Wildman–Crippen MR) is 108 cm³/mol. The van der Waals surface area contributed by atoms with Gasteiger partial charge in [0.25, 0.3) is 5.91 Å². The number of benzene rings is 1. The SMILES string of the molecule is Cc1ccc(C(CN2CCOCC2)NC(=O)c2cc(-c3cccnc3)on2)cc1. The van der Waals surface area contributed by atoms with E-state index in [0.717, 1.165) is 24.2 Å². The summed E-state index contributed by atoms with van der Waals surface area (Å²) < 4.78 is 10.8. The van der Waals surface area contributed by atoms with Gasteiger partial charge >= 0.3 is 0 Å². The van der Waals surface area contributed by atoms with Gasteiger partial charge in [-0.2, -0.15) is 0 Å². The van der Waals surface area contributed by atoms with Crippen molar-refractivity contribution in [3.8, 4) is 11.3 Å². The number of aryl methyl sites for hydroxylation is 1. The van der Waals surface area contributed by atoms with Crippen molar-refractivity contribution in [1.82, 2.24) is 20.4 Å². The third-order valence-electron chi connectivity index (χ3n) is 5.02. The molecule has 2 aromatic heterocycles. The highest BCUT2D eigenvalue weighted by Crippen LogP contribution is 2.21. The van der Waals surface area contributed by atoms with E-state index in [0.29, 0.717) is 25.5 Å². The molecule has 3 aromatic rings. The van der Waals surface area contributed by atoms with Crippen molar-refractivity contribution in [2.24, 2.45) is 0 Å². The summed E-state index contributed by atoms with van der Waals surface area (Å²) in [5.41, 5.74) is 3.28. The van der Waals surface area contributed by atoms with Crippen LogP contribution in [0, 0.1) is 6.92 Å². The summed E-state index contributed by atoms with van der Waals surface area (Å²) in [6, 6.07) is 13.4. The van der Waals surface area contributed by atoms with Crippen LogP contribution in [0.1, 0.15) is 27.7 Å². The number of nitrogens with one attached hydrogen (secondary N) is 1. The molecule has 1 unspecified atom stereocenters.